The lowest BCUT2D eigenvalue weighted by molar-refractivity contribution is -0.120. The Kier molecular flexibility index (Phi) is 2.77. The van der Waals surface area contributed by atoms with Crippen LogP contribution < -0.4 is 11.1 Å². The number of nitrogens with two attached hydrogens (primary N) is 1. The molecule has 1 amide bonds. The smallest absolute Gasteiger partial charge is 0.231 e. The first kappa shape index (κ1) is 9.85. The Hall–Kier alpha value is -1.69. The van der Waals surface area contributed by atoms with E-state index in [4.69, 9.17) is 5.73 Å². The van der Waals surface area contributed by atoms with Gasteiger partial charge in [0.2, 0.25) is 5.91 Å². The van der Waals surface area contributed by atoms with Crippen molar-refractivity contribution in [3.63, 3.8) is 0 Å². The van der Waals surface area contributed by atoms with Crippen molar-refractivity contribution >= 4 is 11.7 Å². The zero-order valence-electron chi connectivity index (χ0n) is 8.26. The van der Waals surface area contributed by atoms with Crippen LogP contribution in [0.15, 0.2) is 18.6 Å². The summed E-state index contributed by atoms with van der Waals surface area (Å²) in [5, 5.41) is 3.24. The van der Waals surface area contributed by atoms with E-state index in [1.54, 1.807) is 6.20 Å². The summed E-state index contributed by atoms with van der Waals surface area (Å²) in [4.78, 5) is 20.5. The second-order valence-corrected chi connectivity index (χ2v) is 3.60. The van der Waals surface area contributed by atoms with Crippen LogP contribution in [0.4, 0.5) is 5.82 Å². The largest absolute Gasteiger partial charge is 0.369 e. The Morgan fingerprint density at radius 2 is 2.47 bits per heavy atom. The highest BCUT2D eigenvalue weighted by Crippen LogP contribution is 2.11. The van der Waals surface area contributed by atoms with Gasteiger partial charge in [-0.05, 0) is 6.07 Å². The van der Waals surface area contributed by atoms with Crippen LogP contribution in [0.5, 0.6) is 0 Å². The third-order valence-corrected chi connectivity index (χ3v) is 2.27. The van der Waals surface area contributed by atoms with Gasteiger partial charge in [-0.2, -0.15) is 0 Å². The molecule has 0 unspecified atom stereocenters. The number of nitrogens with one attached hydrogen (secondary N) is 1. The van der Waals surface area contributed by atoms with Crippen LogP contribution >= 0.6 is 0 Å². The van der Waals surface area contributed by atoms with E-state index in [-0.39, 0.29) is 5.91 Å². The van der Waals surface area contributed by atoms with Gasteiger partial charge in [0.1, 0.15) is 12.1 Å². The topological polar surface area (TPSA) is 84.1 Å². The molecule has 1 aromatic rings. The summed E-state index contributed by atoms with van der Waals surface area (Å²) in [5.41, 5.74) is 5.08. The third-order valence-electron chi connectivity index (χ3n) is 2.27. The monoisotopic (exact) mass is 207 g/mol. The van der Waals surface area contributed by atoms with Gasteiger partial charge in [0.25, 0.3) is 0 Å². The Morgan fingerprint density at radius 1 is 1.67 bits per heavy atom. The van der Waals surface area contributed by atoms with Gasteiger partial charge in [-0.3, -0.25) is 9.69 Å². The lowest BCUT2D eigenvalue weighted by Gasteiger charge is -2.38. The molecule has 0 bridgehead atoms. The number of anilines is 1. The highest BCUT2D eigenvalue weighted by atomic mass is 16.1. The lowest BCUT2D eigenvalue weighted by Crippen LogP contribution is -2.56. The van der Waals surface area contributed by atoms with Crippen molar-refractivity contribution in [2.45, 2.75) is 6.04 Å². The van der Waals surface area contributed by atoms with Gasteiger partial charge in [0.15, 0.2) is 0 Å². The summed E-state index contributed by atoms with van der Waals surface area (Å²) in [7, 11) is 0. The van der Waals surface area contributed by atoms with E-state index >= 15 is 0 Å². The fourth-order valence-corrected chi connectivity index (χ4v) is 1.60. The molecule has 6 nitrogen and oxygen atoms in total. The molecule has 6 heteroatoms. The van der Waals surface area contributed by atoms with Crippen molar-refractivity contribution in [2.24, 2.45) is 5.73 Å². The average Bonchev–Trinajstić information content (AvgIpc) is 2.15. The zero-order chi connectivity index (χ0) is 10.7. The van der Waals surface area contributed by atoms with Crippen LogP contribution in [0.25, 0.3) is 0 Å². The van der Waals surface area contributed by atoms with Gasteiger partial charge in [0, 0.05) is 19.3 Å². The molecule has 0 radical (unpaired) electrons. The molecular formula is C9H13N5O. The SMILES string of the molecule is NC(=O)CN1CC(Nc2ccncn2)C1. The fraction of sp³-hybridized carbons (Fsp3) is 0.444. The molecule has 0 aliphatic carbocycles. The average molecular weight is 207 g/mol. The number of primary amides is 1. The van der Waals surface area contributed by atoms with Crippen LogP contribution in [-0.2, 0) is 4.79 Å². The van der Waals surface area contributed by atoms with E-state index < -0.39 is 0 Å². The van der Waals surface area contributed by atoms with Crippen molar-refractivity contribution in [3.8, 4) is 0 Å². The predicted octanol–water partition coefficient (Wildman–Crippen LogP) is -0.942. The van der Waals surface area contributed by atoms with Gasteiger partial charge in [0.05, 0.1) is 12.6 Å². The van der Waals surface area contributed by atoms with Gasteiger partial charge < -0.3 is 11.1 Å². The number of amides is 1. The molecule has 1 aliphatic rings. The molecule has 1 saturated heterocycles. The summed E-state index contributed by atoms with van der Waals surface area (Å²) < 4.78 is 0. The predicted molar refractivity (Wildman–Crippen MR) is 55.1 cm³/mol. The van der Waals surface area contributed by atoms with Gasteiger partial charge >= 0.3 is 0 Å². The molecule has 0 aromatic carbocycles. The first-order chi connectivity index (χ1) is 7.24. The number of aromatic nitrogens is 2. The highest BCUT2D eigenvalue weighted by Gasteiger charge is 2.27. The van der Waals surface area contributed by atoms with E-state index in [0.29, 0.717) is 12.6 Å². The molecule has 2 rings (SSSR count). The van der Waals surface area contributed by atoms with E-state index in [1.165, 1.54) is 6.33 Å². The molecule has 0 atom stereocenters. The first-order valence-electron chi connectivity index (χ1n) is 4.77. The fourth-order valence-electron chi connectivity index (χ4n) is 1.60. The van der Waals surface area contributed by atoms with Gasteiger partial charge in [-0.1, -0.05) is 0 Å². The maximum Gasteiger partial charge on any atom is 0.231 e. The molecule has 3 N–H and O–H groups in total. The van der Waals surface area contributed by atoms with Crippen molar-refractivity contribution in [1.82, 2.24) is 14.9 Å². The number of hydrogen-bond donors (Lipinski definition) is 2. The molecule has 80 valence electrons. The molecule has 1 fully saturated rings. The van der Waals surface area contributed by atoms with Crippen LogP contribution in [-0.4, -0.2) is 46.5 Å². The van der Waals surface area contributed by atoms with Gasteiger partial charge in [-0.15, -0.1) is 0 Å². The van der Waals surface area contributed by atoms with Crippen molar-refractivity contribution in [1.29, 1.82) is 0 Å². The van der Waals surface area contributed by atoms with Crippen LogP contribution in [0.1, 0.15) is 0 Å². The van der Waals surface area contributed by atoms with Crippen LogP contribution in [0.3, 0.4) is 0 Å². The molecular weight excluding hydrogens is 194 g/mol. The second kappa shape index (κ2) is 4.22. The minimum absolute atomic E-state index is 0.282. The van der Waals surface area contributed by atoms with Crippen LogP contribution in [0.2, 0.25) is 0 Å². The Labute approximate surface area is 87.5 Å². The summed E-state index contributed by atoms with van der Waals surface area (Å²) in [6, 6.07) is 2.16. The summed E-state index contributed by atoms with van der Waals surface area (Å²) in [5.74, 6) is 0.532. The maximum absolute atomic E-state index is 10.6. The van der Waals surface area contributed by atoms with Crippen molar-refractivity contribution in [3.05, 3.63) is 18.6 Å². The standard InChI is InChI=1S/C9H13N5O/c10-8(15)5-14-3-7(4-14)13-9-1-2-11-6-12-9/h1-2,6-7H,3-5H2,(H2,10,15)(H,11,12,13). The quantitative estimate of drug-likeness (QED) is 0.665. The van der Waals surface area contributed by atoms with E-state index in [9.17, 15) is 4.79 Å². The Morgan fingerprint density at radius 3 is 3.07 bits per heavy atom. The number of carbonyl (C=O) groups excluding carboxylic acids is 1. The van der Waals surface area contributed by atoms with Crippen molar-refractivity contribution < 1.29 is 4.79 Å². The number of hydrogen-bond acceptors (Lipinski definition) is 5. The minimum Gasteiger partial charge on any atom is -0.369 e. The summed E-state index contributed by atoms with van der Waals surface area (Å²) in [6.45, 7) is 1.99. The van der Waals surface area contributed by atoms with E-state index in [0.717, 1.165) is 18.9 Å². The molecule has 0 saturated carbocycles. The molecule has 2 heterocycles. The Balaban J connectivity index is 1.74. The maximum atomic E-state index is 10.6. The molecule has 1 aliphatic heterocycles. The number of carbonyl (C=O) groups is 1. The van der Waals surface area contributed by atoms with Crippen LogP contribution in [0, 0.1) is 0 Å². The summed E-state index contributed by atoms with van der Waals surface area (Å²) >= 11 is 0. The zero-order valence-corrected chi connectivity index (χ0v) is 8.26. The Bertz CT molecular complexity index is 336. The summed E-state index contributed by atoms with van der Waals surface area (Å²) in [6.07, 6.45) is 3.19. The lowest BCUT2D eigenvalue weighted by atomic mass is 10.1. The molecule has 15 heavy (non-hydrogen) atoms. The van der Waals surface area contributed by atoms with E-state index in [1.807, 2.05) is 11.0 Å². The molecule has 0 spiro atoms. The minimum atomic E-state index is -0.282. The van der Waals surface area contributed by atoms with E-state index in [2.05, 4.69) is 15.3 Å². The number of nitrogens with zero attached hydrogens (tertiary/aromatic N) is 3. The normalized spacial score (nSPS) is 17.1. The molecule has 1 aromatic heterocycles. The number of likely N-dealkylation sites (tertiary alicyclic amines) is 1. The van der Waals surface area contributed by atoms with Gasteiger partial charge in [-0.25, -0.2) is 9.97 Å². The van der Waals surface area contributed by atoms with Crippen molar-refractivity contribution in [2.75, 3.05) is 25.0 Å². The third kappa shape index (κ3) is 2.63. The second-order valence-electron chi connectivity index (χ2n) is 3.60. The first-order valence-corrected chi connectivity index (χ1v) is 4.77. The highest BCUT2D eigenvalue weighted by molar-refractivity contribution is 5.76. The number of rotatable bonds is 4.